The molecule has 4 heteroatoms. The zero-order valence-corrected chi connectivity index (χ0v) is 20.2. The summed E-state index contributed by atoms with van der Waals surface area (Å²) >= 11 is 0. The van der Waals surface area contributed by atoms with Gasteiger partial charge in [0.05, 0.1) is 13.2 Å². The molecule has 0 aliphatic heterocycles. The van der Waals surface area contributed by atoms with Crippen LogP contribution in [0.2, 0.25) is 0 Å². The summed E-state index contributed by atoms with van der Waals surface area (Å²) in [5, 5.41) is 3.72. The van der Waals surface area contributed by atoms with Crippen LogP contribution in [-0.4, -0.2) is 19.2 Å². The van der Waals surface area contributed by atoms with Crippen molar-refractivity contribution >= 4 is 27.5 Å². The van der Waals surface area contributed by atoms with E-state index in [1.165, 1.54) is 0 Å². The summed E-state index contributed by atoms with van der Waals surface area (Å²) in [5.74, 6) is 1.31. The van der Waals surface area contributed by atoms with E-state index in [-0.39, 0.29) is 0 Å². The number of esters is 1. The Hall–Kier alpha value is -3.53. The molecule has 4 aromatic rings. The molecule has 0 radical (unpaired) electrons. The molecule has 0 bridgehead atoms. The molecule has 34 heavy (non-hydrogen) atoms. The van der Waals surface area contributed by atoms with Crippen molar-refractivity contribution < 1.29 is 19.0 Å². The van der Waals surface area contributed by atoms with E-state index in [9.17, 15) is 4.79 Å². The number of rotatable bonds is 10. The van der Waals surface area contributed by atoms with Crippen LogP contribution in [-0.2, 0) is 0 Å². The fraction of sp³-hybridized carbons (Fsp3) is 0.300. The molecule has 4 nitrogen and oxygen atoms in total. The van der Waals surface area contributed by atoms with Gasteiger partial charge in [0.1, 0.15) is 22.8 Å². The van der Waals surface area contributed by atoms with E-state index >= 15 is 0 Å². The Bertz CT molecular complexity index is 1290. The molecule has 0 unspecified atom stereocenters. The molecule has 0 spiro atoms. The van der Waals surface area contributed by atoms with Gasteiger partial charge < -0.3 is 14.2 Å². The Labute approximate surface area is 201 Å². The van der Waals surface area contributed by atoms with Crippen molar-refractivity contribution in [2.75, 3.05) is 13.2 Å². The lowest BCUT2D eigenvalue weighted by Gasteiger charge is -2.18. The molecule has 0 amide bonds. The lowest BCUT2D eigenvalue weighted by Crippen LogP contribution is -2.13. The van der Waals surface area contributed by atoms with Gasteiger partial charge in [0.15, 0.2) is 0 Å². The Morgan fingerprint density at radius 2 is 1.47 bits per heavy atom. The van der Waals surface area contributed by atoms with Crippen molar-refractivity contribution in [2.45, 2.75) is 46.5 Å². The van der Waals surface area contributed by atoms with E-state index in [1.54, 1.807) is 6.07 Å². The van der Waals surface area contributed by atoms with E-state index in [4.69, 9.17) is 14.2 Å². The van der Waals surface area contributed by atoms with E-state index in [0.29, 0.717) is 36.0 Å². The second-order valence-electron chi connectivity index (χ2n) is 8.57. The summed E-state index contributed by atoms with van der Waals surface area (Å²) in [6, 6.07) is 21.5. The molecule has 176 valence electrons. The third-order valence-corrected chi connectivity index (χ3v) is 5.88. The lowest BCUT2D eigenvalue weighted by molar-refractivity contribution is 0.0732. The van der Waals surface area contributed by atoms with Crippen LogP contribution in [0, 0.1) is 6.92 Å². The molecule has 0 aliphatic carbocycles. The highest BCUT2D eigenvalue weighted by atomic mass is 16.5. The summed E-state index contributed by atoms with van der Waals surface area (Å²) < 4.78 is 18.3. The van der Waals surface area contributed by atoms with E-state index in [1.807, 2.05) is 54.6 Å². The zero-order valence-electron chi connectivity index (χ0n) is 20.2. The van der Waals surface area contributed by atoms with Crippen molar-refractivity contribution in [2.24, 2.45) is 0 Å². The first-order valence-electron chi connectivity index (χ1n) is 12.1. The Kier molecular flexibility index (Phi) is 7.69. The second kappa shape index (κ2) is 11.1. The van der Waals surface area contributed by atoms with Crippen LogP contribution in [0.4, 0.5) is 0 Å². The molecular weight excluding hydrogens is 424 g/mol. The average molecular weight is 457 g/mol. The largest absolute Gasteiger partial charge is 0.493 e. The number of hydrogen-bond donors (Lipinski definition) is 0. The smallest absolute Gasteiger partial charge is 0.347 e. The second-order valence-corrected chi connectivity index (χ2v) is 8.57. The van der Waals surface area contributed by atoms with E-state index in [2.05, 4.69) is 26.8 Å². The molecule has 0 aliphatic rings. The van der Waals surface area contributed by atoms with Gasteiger partial charge in [0.25, 0.3) is 0 Å². The quantitative estimate of drug-likeness (QED) is 0.138. The van der Waals surface area contributed by atoms with Crippen molar-refractivity contribution in [3.63, 3.8) is 0 Å². The van der Waals surface area contributed by atoms with Gasteiger partial charge in [0.2, 0.25) is 0 Å². The molecule has 4 rings (SSSR count). The summed E-state index contributed by atoms with van der Waals surface area (Å²) in [7, 11) is 0. The molecule has 0 heterocycles. The van der Waals surface area contributed by atoms with Gasteiger partial charge in [-0.1, -0.05) is 80.8 Å². The number of hydrogen-bond acceptors (Lipinski definition) is 4. The Balaban J connectivity index is 1.80. The van der Waals surface area contributed by atoms with E-state index < -0.39 is 5.97 Å². The number of carbonyl (C=O) groups excluding carboxylic acids is 1. The van der Waals surface area contributed by atoms with Gasteiger partial charge in [-0.05, 0) is 43.4 Å². The summed E-state index contributed by atoms with van der Waals surface area (Å²) in [5.41, 5.74) is 1.50. The standard InChI is InChI=1S/C30H32O4/c1-4-6-17-32-28-20-26(29(33-18-7-5-2)24-16-15-21(3)19-25(24)28)30(31)34-27-14-10-12-22-11-8-9-13-23(22)27/h8-16,19-20H,4-7,17-18H2,1-3H3. The summed E-state index contributed by atoms with van der Waals surface area (Å²) in [6.45, 7) is 7.42. The van der Waals surface area contributed by atoms with Crippen LogP contribution in [0.25, 0.3) is 21.5 Å². The highest BCUT2D eigenvalue weighted by Gasteiger charge is 2.22. The predicted octanol–water partition coefficient (Wildman–Crippen LogP) is 7.88. The zero-order chi connectivity index (χ0) is 23.9. The monoisotopic (exact) mass is 456 g/mol. The third kappa shape index (κ3) is 5.17. The number of carbonyl (C=O) groups is 1. The Morgan fingerprint density at radius 3 is 2.26 bits per heavy atom. The Morgan fingerprint density at radius 1 is 0.735 bits per heavy atom. The summed E-state index contributed by atoms with van der Waals surface area (Å²) in [4.78, 5) is 13.5. The third-order valence-electron chi connectivity index (χ3n) is 5.88. The fourth-order valence-electron chi connectivity index (χ4n) is 3.99. The number of unbranched alkanes of at least 4 members (excludes halogenated alkanes) is 2. The number of aryl methyl sites for hydroxylation is 1. The van der Waals surface area contributed by atoms with Crippen LogP contribution in [0.3, 0.4) is 0 Å². The predicted molar refractivity (Wildman–Crippen MR) is 138 cm³/mol. The summed E-state index contributed by atoms with van der Waals surface area (Å²) in [6.07, 6.45) is 3.88. The van der Waals surface area contributed by atoms with Gasteiger partial charge in [-0.15, -0.1) is 0 Å². The first kappa shape index (κ1) is 23.6. The first-order valence-corrected chi connectivity index (χ1v) is 12.1. The molecule has 0 atom stereocenters. The minimum atomic E-state index is -0.453. The minimum Gasteiger partial charge on any atom is -0.493 e. The topological polar surface area (TPSA) is 44.8 Å². The molecule has 0 N–H and O–H groups in total. The highest BCUT2D eigenvalue weighted by molar-refractivity contribution is 6.05. The maximum atomic E-state index is 13.5. The number of fused-ring (bicyclic) bond motifs is 2. The van der Waals surface area contributed by atoms with Gasteiger partial charge >= 0.3 is 5.97 Å². The SMILES string of the molecule is CCCCOc1cc(C(=O)Oc2cccc3ccccc23)c(OCCCC)c2ccc(C)cc12. The van der Waals surface area contributed by atoms with Gasteiger partial charge in [0, 0.05) is 16.2 Å². The molecule has 0 saturated heterocycles. The van der Waals surface area contributed by atoms with Crippen LogP contribution in [0.1, 0.15) is 55.5 Å². The van der Waals surface area contributed by atoms with Crippen LogP contribution < -0.4 is 14.2 Å². The normalized spacial score (nSPS) is 11.0. The molecule has 4 aromatic carbocycles. The maximum absolute atomic E-state index is 13.5. The molecule has 0 fully saturated rings. The molecule has 0 saturated carbocycles. The minimum absolute atomic E-state index is 0.381. The van der Waals surface area contributed by atoms with Gasteiger partial charge in [-0.3, -0.25) is 0 Å². The fourth-order valence-corrected chi connectivity index (χ4v) is 3.99. The number of ether oxygens (including phenoxy) is 3. The first-order chi connectivity index (χ1) is 16.6. The van der Waals surface area contributed by atoms with Crippen LogP contribution in [0.5, 0.6) is 17.2 Å². The van der Waals surface area contributed by atoms with Crippen LogP contribution >= 0.6 is 0 Å². The van der Waals surface area contributed by atoms with Crippen molar-refractivity contribution in [1.82, 2.24) is 0 Å². The van der Waals surface area contributed by atoms with Gasteiger partial charge in [-0.25, -0.2) is 4.79 Å². The molecular formula is C30H32O4. The maximum Gasteiger partial charge on any atom is 0.347 e. The number of benzene rings is 4. The lowest BCUT2D eigenvalue weighted by atomic mass is 10.0. The van der Waals surface area contributed by atoms with E-state index in [0.717, 1.165) is 52.8 Å². The van der Waals surface area contributed by atoms with Gasteiger partial charge in [-0.2, -0.15) is 0 Å². The van der Waals surface area contributed by atoms with Crippen LogP contribution in [0.15, 0.2) is 66.7 Å². The average Bonchev–Trinajstić information content (AvgIpc) is 2.85. The molecule has 0 aromatic heterocycles. The van der Waals surface area contributed by atoms with Crippen molar-refractivity contribution in [3.05, 3.63) is 77.9 Å². The van der Waals surface area contributed by atoms with Crippen molar-refractivity contribution in [3.8, 4) is 17.2 Å². The van der Waals surface area contributed by atoms with Crippen molar-refractivity contribution in [1.29, 1.82) is 0 Å². The highest BCUT2D eigenvalue weighted by Crippen LogP contribution is 2.39.